The predicted molar refractivity (Wildman–Crippen MR) is 164 cm³/mol. The van der Waals surface area contributed by atoms with Gasteiger partial charge >= 0.3 is 17.9 Å². The largest absolute Gasteiger partial charge is 0.481 e. The van der Waals surface area contributed by atoms with Gasteiger partial charge in [0.05, 0.1) is 6.61 Å². The first kappa shape index (κ1) is 43.1. The molecule has 0 spiro atoms. The van der Waals surface area contributed by atoms with Crippen molar-refractivity contribution in [1.29, 1.82) is 0 Å². The van der Waals surface area contributed by atoms with Crippen molar-refractivity contribution >= 4 is 41.5 Å². The number of esters is 1. The molecule has 0 bridgehead atoms. The minimum atomic E-state index is -1.88. The molecule has 0 aromatic heterocycles. The Hall–Kier alpha value is -4.03. The zero-order valence-corrected chi connectivity index (χ0v) is 28.4. The first-order valence-corrected chi connectivity index (χ1v) is 15.8. The molecule has 0 aromatic rings. The molecule has 0 saturated carbocycles. The number of hydrogen-bond donors (Lipinski definition) is 10. The van der Waals surface area contributed by atoms with Crippen LogP contribution in [0.2, 0.25) is 0 Å². The molecule has 13 unspecified atom stereocenters. The number of aliphatic carboxylic acids is 2. The van der Waals surface area contributed by atoms with E-state index in [-0.39, 0.29) is 0 Å². The van der Waals surface area contributed by atoms with Gasteiger partial charge < -0.3 is 75.6 Å². The van der Waals surface area contributed by atoms with E-state index in [2.05, 4.69) is 21.3 Å². The molecule has 22 nitrogen and oxygen atoms in total. The summed E-state index contributed by atoms with van der Waals surface area (Å²) in [4.78, 5) is 84.2. The summed E-state index contributed by atoms with van der Waals surface area (Å²) >= 11 is 0. The fourth-order valence-corrected chi connectivity index (χ4v) is 5.23. The van der Waals surface area contributed by atoms with Crippen LogP contribution in [0, 0.1) is 0 Å². The number of amides is 4. The van der Waals surface area contributed by atoms with Gasteiger partial charge in [-0.15, -0.1) is 0 Å². The molecule has 2 fully saturated rings. The van der Waals surface area contributed by atoms with Crippen molar-refractivity contribution in [3.8, 4) is 0 Å². The van der Waals surface area contributed by atoms with Crippen molar-refractivity contribution < 1.29 is 87.9 Å². The molecule has 0 aliphatic carbocycles. The Kier molecular flexibility index (Phi) is 16.5. The Labute approximate surface area is 291 Å². The van der Waals surface area contributed by atoms with Crippen LogP contribution in [-0.4, -0.2) is 165 Å². The molecule has 4 amide bonds. The van der Waals surface area contributed by atoms with Crippen molar-refractivity contribution in [2.45, 2.75) is 127 Å². The predicted octanol–water partition coefficient (Wildman–Crippen LogP) is -5.19. The number of aliphatic hydroxyl groups excluding tert-OH is 4. The van der Waals surface area contributed by atoms with Crippen LogP contribution in [0.5, 0.6) is 0 Å². The number of carboxylic acid groups (broad SMARTS) is 2. The maximum Gasteiger partial charge on any atom is 0.326 e. The lowest BCUT2D eigenvalue weighted by Gasteiger charge is -2.48. The van der Waals surface area contributed by atoms with Gasteiger partial charge in [-0.05, 0) is 20.3 Å². The van der Waals surface area contributed by atoms with Crippen molar-refractivity contribution in [2.75, 3.05) is 13.2 Å². The summed E-state index contributed by atoms with van der Waals surface area (Å²) in [5.41, 5.74) is 0. The van der Waals surface area contributed by atoms with E-state index in [9.17, 15) is 59.1 Å². The lowest BCUT2D eigenvalue weighted by atomic mass is 9.94. The van der Waals surface area contributed by atoms with Gasteiger partial charge in [-0.1, -0.05) is 0 Å². The summed E-state index contributed by atoms with van der Waals surface area (Å²) in [6, 6.07) is -5.98. The Morgan fingerprint density at radius 1 is 0.784 bits per heavy atom. The van der Waals surface area contributed by atoms with E-state index < -0.39 is 147 Å². The molecule has 13 atom stereocenters. The van der Waals surface area contributed by atoms with Gasteiger partial charge in [-0.25, -0.2) is 4.79 Å². The fraction of sp³-hybridized carbons (Fsp3) is 0.759. The molecule has 10 N–H and O–H groups in total. The lowest BCUT2D eigenvalue weighted by molar-refractivity contribution is -0.333. The van der Waals surface area contributed by atoms with Gasteiger partial charge in [-0.3, -0.25) is 28.8 Å². The molecule has 0 aromatic carbocycles. The highest BCUT2D eigenvalue weighted by Gasteiger charge is 2.53. The van der Waals surface area contributed by atoms with Crippen LogP contribution in [0.1, 0.15) is 47.5 Å². The number of aliphatic hydroxyl groups is 4. The fourth-order valence-electron chi connectivity index (χ4n) is 5.23. The van der Waals surface area contributed by atoms with Crippen LogP contribution in [-0.2, 0) is 57.2 Å². The summed E-state index contributed by atoms with van der Waals surface area (Å²) in [7, 11) is 0. The second-order valence-electron chi connectivity index (χ2n) is 11.9. The minimum Gasteiger partial charge on any atom is -0.481 e. The molecule has 2 aliphatic rings. The van der Waals surface area contributed by atoms with Crippen molar-refractivity contribution in [1.82, 2.24) is 21.3 Å². The van der Waals surface area contributed by atoms with Crippen molar-refractivity contribution in [2.24, 2.45) is 0 Å². The average molecular weight is 739 g/mol. The van der Waals surface area contributed by atoms with Crippen LogP contribution in [0.25, 0.3) is 0 Å². The topological polar surface area (TPSA) is 335 Å². The Bertz CT molecular complexity index is 1270. The molecular formula is C29H46N4O18. The Balaban J connectivity index is 2.43. The molecule has 2 rings (SSSR count). The number of nitrogens with one attached hydrogen (secondary N) is 4. The average Bonchev–Trinajstić information content (AvgIpc) is 3.03. The van der Waals surface area contributed by atoms with Gasteiger partial charge in [0.2, 0.25) is 23.6 Å². The molecular weight excluding hydrogens is 692 g/mol. The first-order chi connectivity index (χ1) is 23.8. The molecule has 0 radical (unpaired) electrons. The minimum absolute atomic E-state index is 0.439. The lowest BCUT2D eigenvalue weighted by Crippen LogP contribution is -2.70. The normalized spacial score (nSPS) is 30.8. The van der Waals surface area contributed by atoms with Crippen LogP contribution < -0.4 is 21.3 Å². The smallest absolute Gasteiger partial charge is 0.326 e. The van der Waals surface area contributed by atoms with E-state index in [1.54, 1.807) is 0 Å². The third-order valence-corrected chi connectivity index (χ3v) is 7.77. The number of carbonyl (C=O) groups excluding carboxylic acids is 5. The van der Waals surface area contributed by atoms with Crippen LogP contribution in [0.15, 0.2) is 0 Å². The maximum absolute atomic E-state index is 13.2. The van der Waals surface area contributed by atoms with E-state index >= 15 is 0 Å². The highest BCUT2D eigenvalue weighted by molar-refractivity contribution is 5.91. The third-order valence-electron chi connectivity index (χ3n) is 7.77. The highest BCUT2D eigenvalue weighted by Crippen LogP contribution is 2.31. The van der Waals surface area contributed by atoms with Gasteiger partial charge in [0.25, 0.3) is 0 Å². The number of hydrogen-bond acceptors (Lipinski definition) is 16. The summed E-state index contributed by atoms with van der Waals surface area (Å²) in [5.74, 6) is -6.95. The molecule has 2 heterocycles. The molecule has 22 heteroatoms. The van der Waals surface area contributed by atoms with E-state index in [0.717, 1.165) is 20.8 Å². The van der Waals surface area contributed by atoms with Crippen LogP contribution in [0.4, 0.5) is 0 Å². The molecule has 51 heavy (non-hydrogen) atoms. The summed E-state index contributed by atoms with van der Waals surface area (Å²) in [6.07, 6.45) is -15.7. The Morgan fingerprint density at radius 3 is 1.92 bits per heavy atom. The van der Waals surface area contributed by atoms with E-state index in [1.807, 2.05) is 0 Å². The quantitative estimate of drug-likeness (QED) is 0.0623. The number of carboxylic acids is 2. The van der Waals surface area contributed by atoms with Gasteiger partial charge in [-0.2, -0.15) is 0 Å². The molecule has 2 aliphatic heterocycles. The third kappa shape index (κ3) is 12.6. The number of ether oxygens (including phenoxy) is 5. The number of rotatable bonds is 17. The Morgan fingerprint density at radius 2 is 1.39 bits per heavy atom. The zero-order chi connectivity index (χ0) is 38.7. The van der Waals surface area contributed by atoms with Crippen LogP contribution >= 0.6 is 0 Å². The summed E-state index contributed by atoms with van der Waals surface area (Å²) in [6.45, 7) is 4.23. The van der Waals surface area contributed by atoms with Gasteiger partial charge in [0.15, 0.2) is 12.6 Å². The summed E-state index contributed by atoms with van der Waals surface area (Å²) in [5, 5.41) is 69.3. The van der Waals surface area contributed by atoms with E-state index in [1.165, 1.54) is 13.8 Å². The second kappa shape index (κ2) is 19.5. The summed E-state index contributed by atoms with van der Waals surface area (Å²) < 4.78 is 28.4. The first-order valence-electron chi connectivity index (χ1n) is 15.8. The highest BCUT2D eigenvalue weighted by atomic mass is 16.7. The standard InChI is InChI=1S/C29H46N4O18/c1-10(25(42)33-15(27(44)45)6-7-18(38)39)30-26(43)11(2)48-24-20(32-13(4)36)28(46)49-17(9-47-14(5)37)23(24)51-29-19(31-12(3)35)22(41)21(40)16(8-34)50-29/h10-11,15-17,19-24,28-29,34,40-41,46H,6-9H2,1-5H3,(H,30,43)(H,31,35)(H,32,36)(H,33,42)(H,38,39)(H,44,45). The number of carbonyl (C=O) groups is 7. The van der Waals surface area contributed by atoms with Crippen LogP contribution in [0.3, 0.4) is 0 Å². The van der Waals surface area contributed by atoms with Crippen molar-refractivity contribution in [3.63, 3.8) is 0 Å². The zero-order valence-electron chi connectivity index (χ0n) is 28.4. The van der Waals surface area contributed by atoms with E-state index in [4.69, 9.17) is 28.8 Å². The SMILES string of the molecule is CC(=O)NC1C(OC2C(COC(C)=O)OC(O)C(NC(C)=O)C2OC(C)C(=O)NC(C)C(=O)NC(CCC(=O)O)C(=O)O)OC(CO)C(O)C1O. The van der Waals surface area contributed by atoms with E-state index in [0.29, 0.717) is 0 Å². The molecule has 290 valence electrons. The van der Waals surface area contributed by atoms with Crippen molar-refractivity contribution in [3.05, 3.63) is 0 Å². The van der Waals surface area contributed by atoms with Gasteiger partial charge in [0, 0.05) is 27.2 Å². The molecule has 2 saturated heterocycles. The maximum atomic E-state index is 13.2. The van der Waals surface area contributed by atoms with Gasteiger partial charge in [0.1, 0.15) is 73.5 Å². The monoisotopic (exact) mass is 738 g/mol. The second-order valence-corrected chi connectivity index (χ2v) is 11.9.